The Bertz CT molecular complexity index is 1420. The Labute approximate surface area is 289 Å². The van der Waals surface area contributed by atoms with E-state index in [1.54, 1.807) is 4.90 Å². The minimum atomic E-state index is -0.690. The van der Waals surface area contributed by atoms with E-state index >= 15 is 0 Å². The van der Waals surface area contributed by atoms with Crippen LogP contribution in [0.1, 0.15) is 62.6 Å². The molecule has 0 bridgehead atoms. The molecular formula is C37H50N4O8. The van der Waals surface area contributed by atoms with E-state index in [9.17, 15) is 19.2 Å². The van der Waals surface area contributed by atoms with Crippen molar-refractivity contribution in [2.45, 2.75) is 58.5 Å². The van der Waals surface area contributed by atoms with Gasteiger partial charge in [0.05, 0.1) is 65.1 Å². The van der Waals surface area contributed by atoms with Gasteiger partial charge >= 0.3 is 0 Å². The van der Waals surface area contributed by atoms with E-state index in [-0.39, 0.29) is 36.7 Å². The van der Waals surface area contributed by atoms with Crippen molar-refractivity contribution in [1.29, 1.82) is 0 Å². The van der Waals surface area contributed by atoms with E-state index < -0.39 is 11.9 Å². The standard InChI is InChI=1S/C37H50N4O8/c1-28(2)36(37(38)45)40-34(43)17-19-46-21-23-48-25-26-49-24-22-47-20-18-39-33(42)13-7-8-14-35(44)41-27-31-11-4-3-9-29(31)15-16-30-10-5-6-12-32(30)41/h3-6,9-12,28,36H,7-8,13-14,17-27H2,1-2H3,(H2,38,45)(H,39,42)(H,40,43)/t36-/m0/s1. The number of anilines is 1. The number of nitrogens with zero attached hydrogens (tertiary/aromatic N) is 1. The Balaban J connectivity index is 1.14. The number of carbonyl (C=O) groups is 4. The second-order valence-electron chi connectivity index (χ2n) is 11.9. The van der Waals surface area contributed by atoms with Crippen molar-refractivity contribution in [3.05, 3.63) is 65.2 Å². The first-order chi connectivity index (χ1) is 23.8. The van der Waals surface area contributed by atoms with Gasteiger partial charge in [0.1, 0.15) is 6.04 Å². The van der Waals surface area contributed by atoms with Crippen molar-refractivity contribution >= 4 is 29.3 Å². The van der Waals surface area contributed by atoms with Crippen LogP contribution in [0, 0.1) is 17.8 Å². The van der Waals surface area contributed by atoms with E-state index in [1.165, 1.54) is 0 Å². The lowest BCUT2D eigenvalue weighted by Crippen LogP contribution is -2.47. The van der Waals surface area contributed by atoms with Crippen LogP contribution in [0.4, 0.5) is 5.69 Å². The molecule has 2 aromatic carbocycles. The fourth-order valence-corrected chi connectivity index (χ4v) is 4.99. The number of hydrogen-bond acceptors (Lipinski definition) is 8. The van der Waals surface area contributed by atoms with Gasteiger partial charge in [-0.25, -0.2) is 0 Å². The maximum Gasteiger partial charge on any atom is 0.240 e. The van der Waals surface area contributed by atoms with Crippen LogP contribution in [-0.4, -0.2) is 89.1 Å². The normalized spacial score (nSPS) is 12.5. The highest BCUT2D eigenvalue weighted by Crippen LogP contribution is 2.26. The number of rotatable bonds is 23. The number of para-hydroxylation sites is 1. The van der Waals surface area contributed by atoms with E-state index in [0.29, 0.717) is 85.0 Å². The summed E-state index contributed by atoms with van der Waals surface area (Å²) in [4.78, 5) is 50.6. The molecule has 1 heterocycles. The summed E-state index contributed by atoms with van der Waals surface area (Å²) in [6, 6.07) is 14.9. The predicted molar refractivity (Wildman–Crippen MR) is 185 cm³/mol. The first-order valence-corrected chi connectivity index (χ1v) is 16.9. The van der Waals surface area contributed by atoms with Crippen molar-refractivity contribution in [3.63, 3.8) is 0 Å². The minimum Gasteiger partial charge on any atom is -0.379 e. The highest BCUT2D eigenvalue weighted by Gasteiger charge is 2.22. The molecule has 1 aliphatic heterocycles. The summed E-state index contributed by atoms with van der Waals surface area (Å²) in [5, 5.41) is 5.46. The summed E-state index contributed by atoms with van der Waals surface area (Å²) < 4.78 is 21.8. The van der Waals surface area contributed by atoms with Gasteiger partial charge in [0.2, 0.25) is 23.6 Å². The van der Waals surface area contributed by atoms with Gasteiger partial charge in [0, 0.05) is 36.9 Å². The topological polar surface area (TPSA) is 159 Å². The highest BCUT2D eigenvalue weighted by atomic mass is 16.6. The van der Waals surface area contributed by atoms with Gasteiger partial charge in [0.15, 0.2) is 0 Å². The molecule has 4 N–H and O–H groups in total. The average molecular weight is 679 g/mol. The van der Waals surface area contributed by atoms with Crippen molar-refractivity contribution in [2.75, 3.05) is 64.3 Å². The number of carbonyl (C=O) groups excluding carboxylic acids is 4. The number of primary amides is 1. The molecule has 0 spiro atoms. The number of benzene rings is 2. The summed E-state index contributed by atoms with van der Waals surface area (Å²) in [5.41, 5.74) is 8.87. The van der Waals surface area contributed by atoms with Gasteiger partial charge in [-0.1, -0.05) is 56.0 Å². The first-order valence-electron chi connectivity index (χ1n) is 16.9. The van der Waals surface area contributed by atoms with Gasteiger partial charge in [-0.3, -0.25) is 19.2 Å². The number of nitrogens with two attached hydrogens (primary N) is 1. The Morgan fingerprint density at radius 3 is 1.98 bits per heavy atom. The quantitative estimate of drug-likeness (QED) is 0.120. The van der Waals surface area contributed by atoms with Crippen LogP contribution in [0.5, 0.6) is 0 Å². The number of fused-ring (bicyclic) bond motifs is 2. The van der Waals surface area contributed by atoms with Crippen LogP contribution in [0.2, 0.25) is 0 Å². The van der Waals surface area contributed by atoms with Gasteiger partial charge in [0.25, 0.3) is 0 Å². The third kappa shape index (κ3) is 14.8. The van der Waals surface area contributed by atoms with Crippen molar-refractivity contribution < 1.29 is 38.1 Å². The zero-order chi connectivity index (χ0) is 35.3. The smallest absolute Gasteiger partial charge is 0.240 e. The second-order valence-corrected chi connectivity index (χ2v) is 11.9. The van der Waals surface area contributed by atoms with Gasteiger partial charge in [-0.15, -0.1) is 0 Å². The predicted octanol–water partition coefficient (Wildman–Crippen LogP) is 2.69. The number of ether oxygens (including phenoxy) is 4. The molecule has 0 unspecified atom stereocenters. The Morgan fingerprint density at radius 2 is 1.31 bits per heavy atom. The molecule has 0 saturated carbocycles. The molecule has 266 valence electrons. The molecule has 4 amide bonds. The van der Waals surface area contributed by atoms with Crippen LogP contribution in [-0.2, 0) is 44.7 Å². The third-order valence-electron chi connectivity index (χ3n) is 7.67. The molecule has 12 nitrogen and oxygen atoms in total. The van der Waals surface area contributed by atoms with Crippen LogP contribution < -0.4 is 21.3 Å². The molecule has 49 heavy (non-hydrogen) atoms. The first kappa shape index (κ1) is 39.2. The lowest BCUT2D eigenvalue weighted by atomic mass is 10.0. The van der Waals surface area contributed by atoms with Gasteiger partial charge < -0.3 is 40.2 Å². The van der Waals surface area contributed by atoms with E-state index in [1.807, 2.05) is 62.4 Å². The average Bonchev–Trinajstić information content (AvgIpc) is 3.08. The lowest BCUT2D eigenvalue weighted by molar-refractivity contribution is -0.129. The number of nitrogens with one attached hydrogen (secondary N) is 2. The minimum absolute atomic E-state index is 0.0144. The summed E-state index contributed by atoms with van der Waals surface area (Å²) in [6.07, 6.45) is 2.05. The Hall–Kier alpha value is -4.28. The molecule has 2 aromatic rings. The van der Waals surface area contributed by atoms with Crippen molar-refractivity contribution in [3.8, 4) is 11.8 Å². The van der Waals surface area contributed by atoms with E-state index in [2.05, 4.69) is 22.5 Å². The van der Waals surface area contributed by atoms with E-state index in [4.69, 9.17) is 24.7 Å². The molecule has 0 fully saturated rings. The SMILES string of the molecule is CC(C)[C@H](NC(=O)CCOCCOCCOCCOCCNC(=O)CCCCC(=O)N1Cc2ccccc2C#Cc2ccccc21)C(N)=O. The van der Waals surface area contributed by atoms with Crippen LogP contribution in [0.3, 0.4) is 0 Å². The number of hydrogen-bond donors (Lipinski definition) is 3. The van der Waals surface area contributed by atoms with Crippen molar-refractivity contribution in [1.82, 2.24) is 10.6 Å². The largest absolute Gasteiger partial charge is 0.379 e. The number of unbranched alkanes of at least 4 members (excludes halogenated alkanes) is 1. The third-order valence-corrected chi connectivity index (χ3v) is 7.67. The molecule has 3 rings (SSSR count). The molecule has 0 aliphatic carbocycles. The fraction of sp³-hybridized carbons (Fsp3) is 0.514. The summed E-state index contributed by atoms with van der Waals surface area (Å²) in [6.45, 7) is 7.38. The van der Waals surface area contributed by atoms with Gasteiger partial charge in [-0.05, 0) is 42.5 Å². The molecular weight excluding hydrogens is 628 g/mol. The maximum atomic E-state index is 13.3. The molecule has 0 radical (unpaired) electrons. The van der Waals surface area contributed by atoms with Crippen molar-refractivity contribution in [2.24, 2.45) is 11.7 Å². The van der Waals surface area contributed by atoms with Crippen LogP contribution >= 0.6 is 0 Å². The lowest BCUT2D eigenvalue weighted by Gasteiger charge is -2.26. The molecule has 1 atom stereocenters. The van der Waals surface area contributed by atoms with E-state index in [0.717, 1.165) is 22.4 Å². The maximum absolute atomic E-state index is 13.3. The summed E-state index contributed by atoms with van der Waals surface area (Å²) >= 11 is 0. The highest BCUT2D eigenvalue weighted by molar-refractivity contribution is 5.95. The summed E-state index contributed by atoms with van der Waals surface area (Å²) in [5.74, 6) is 5.46. The second kappa shape index (κ2) is 22.4. The molecule has 0 aromatic heterocycles. The van der Waals surface area contributed by atoms with Crippen LogP contribution in [0.25, 0.3) is 0 Å². The fourth-order valence-electron chi connectivity index (χ4n) is 4.99. The van der Waals surface area contributed by atoms with Crippen LogP contribution in [0.15, 0.2) is 48.5 Å². The Morgan fingerprint density at radius 1 is 0.735 bits per heavy atom. The molecule has 12 heteroatoms. The molecule has 0 saturated heterocycles. The zero-order valence-corrected chi connectivity index (χ0v) is 28.7. The summed E-state index contributed by atoms with van der Waals surface area (Å²) in [7, 11) is 0. The number of amides is 4. The Kier molecular flexibility index (Phi) is 17.9. The zero-order valence-electron chi connectivity index (χ0n) is 28.7. The van der Waals surface area contributed by atoms with Gasteiger partial charge in [-0.2, -0.15) is 0 Å². The monoisotopic (exact) mass is 678 g/mol. The molecule has 1 aliphatic rings.